The molecule has 92 valence electrons. The minimum atomic E-state index is -0.438. The first-order chi connectivity index (χ1) is 8.65. The van der Waals surface area contributed by atoms with Crippen molar-refractivity contribution in [2.45, 2.75) is 19.3 Å². The van der Waals surface area contributed by atoms with Gasteiger partial charge in [-0.05, 0) is 49.1 Å². The van der Waals surface area contributed by atoms with E-state index in [1.807, 2.05) is 6.07 Å². The molecule has 1 aliphatic carbocycles. The highest BCUT2D eigenvalue weighted by Crippen LogP contribution is 2.32. The molecule has 0 unspecified atom stereocenters. The van der Waals surface area contributed by atoms with Crippen molar-refractivity contribution in [3.63, 3.8) is 0 Å². The predicted molar refractivity (Wildman–Crippen MR) is 71.2 cm³/mol. The zero-order chi connectivity index (χ0) is 12.7. The van der Waals surface area contributed by atoms with Crippen LogP contribution in [0.3, 0.4) is 0 Å². The summed E-state index contributed by atoms with van der Waals surface area (Å²) in [6.07, 6.45) is 3.25. The van der Waals surface area contributed by atoms with Crippen LogP contribution in [-0.4, -0.2) is 5.78 Å². The molecule has 18 heavy (non-hydrogen) atoms. The number of carbonyl (C=O) groups is 1. The van der Waals surface area contributed by atoms with Crippen molar-refractivity contribution in [1.82, 2.24) is 0 Å². The van der Waals surface area contributed by atoms with Gasteiger partial charge in [0, 0.05) is 10.4 Å². The van der Waals surface area contributed by atoms with Gasteiger partial charge >= 0.3 is 0 Å². The summed E-state index contributed by atoms with van der Waals surface area (Å²) in [6.45, 7) is 0. The van der Waals surface area contributed by atoms with E-state index in [0.29, 0.717) is 9.90 Å². The van der Waals surface area contributed by atoms with Crippen molar-refractivity contribution >= 4 is 28.7 Å². The van der Waals surface area contributed by atoms with Crippen LogP contribution in [0.1, 0.15) is 32.1 Å². The highest BCUT2D eigenvalue weighted by atomic mass is 35.5. The van der Waals surface area contributed by atoms with Crippen molar-refractivity contribution in [2.75, 3.05) is 0 Å². The lowest BCUT2D eigenvalue weighted by atomic mass is 10.1. The lowest BCUT2D eigenvalue weighted by molar-refractivity contribution is 0.104. The molecule has 0 amide bonds. The summed E-state index contributed by atoms with van der Waals surface area (Å²) in [5.74, 6) is -0.620. The first-order valence-electron chi connectivity index (χ1n) is 5.76. The summed E-state index contributed by atoms with van der Waals surface area (Å²) < 4.78 is 13.2. The van der Waals surface area contributed by atoms with Crippen LogP contribution in [0.25, 0.3) is 0 Å². The lowest BCUT2D eigenvalue weighted by Gasteiger charge is -2.01. The first kappa shape index (κ1) is 11.9. The standard InChI is InChI=1S/C14H10ClFOS/c15-11-5-4-9(16)7-10(11)14(17)13-6-8-2-1-3-12(8)18-13/h4-7H,1-3H2. The zero-order valence-electron chi connectivity index (χ0n) is 9.50. The number of hydrogen-bond acceptors (Lipinski definition) is 2. The Labute approximate surface area is 113 Å². The van der Waals surface area contributed by atoms with Gasteiger partial charge in [0.25, 0.3) is 0 Å². The van der Waals surface area contributed by atoms with Gasteiger partial charge in [-0.15, -0.1) is 11.3 Å². The minimum absolute atomic E-state index is 0.182. The van der Waals surface area contributed by atoms with Crippen molar-refractivity contribution in [3.8, 4) is 0 Å². The molecule has 0 saturated carbocycles. The van der Waals surface area contributed by atoms with Crippen LogP contribution >= 0.6 is 22.9 Å². The van der Waals surface area contributed by atoms with Gasteiger partial charge < -0.3 is 0 Å². The number of rotatable bonds is 2. The highest BCUT2D eigenvalue weighted by molar-refractivity contribution is 7.14. The third-order valence-electron chi connectivity index (χ3n) is 3.14. The molecule has 2 aromatic rings. The second kappa shape index (κ2) is 4.48. The molecule has 0 spiro atoms. The number of carbonyl (C=O) groups excluding carboxylic acids is 1. The molecule has 1 aromatic heterocycles. The van der Waals surface area contributed by atoms with Gasteiger partial charge in [-0.1, -0.05) is 11.6 Å². The maximum absolute atomic E-state index is 13.2. The molecule has 0 radical (unpaired) electrons. The van der Waals surface area contributed by atoms with Crippen LogP contribution < -0.4 is 0 Å². The Bertz CT molecular complexity index is 611. The number of benzene rings is 1. The van der Waals surface area contributed by atoms with Crippen molar-refractivity contribution in [2.24, 2.45) is 0 Å². The molecule has 0 fully saturated rings. The molecule has 3 rings (SSSR count). The Morgan fingerprint density at radius 3 is 2.89 bits per heavy atom. The van der Waals surface area contributed by atoms with Crippen molar-refractivity contribution in [3.05, 3.63) is 56.0 Å². The van der Waals surface area contributed by atoms with E-state index in [1.54, 1.807) is 0 Å². The summed E-state index contributed by atoms with van der Waals surface area (Å²) in [5.41, 5.74) is 1.51. The van der Waals surface area contributed by atoms with E-state index in [4.69, 9.17) is 11.6 Å². The van der Waals surface area contributed by atoms with Crippen LogP contribution in [0.15, 0.2) is 24.3 Å². The fraction of sp³-hybridized carbons (Fsp3) is 0.214. The number of thiophene rings is 1. The number of aryl methyl sites for hydroxylation is 2. The molecular formula is C14H10ClFOS. The molecule has 0 aliphatic heterocycles. The third-order valence-corrected chi connectivity index (χ3v) is 4.71. The van der Waals surface area contributed by atoms with Crippen LogP contribution in [0.4, 0.5) is 4.39 Å². The molecule has 4 heteroatoms. The quantitative estimate of drug-likeness (QED) is 0.751. The van der Waals surface area contributed by atoms with Gasteiger partial charge in [0.2, 0.25) is 5.78 Å². The molecule has 0 bridgehead atoms. The van der Waals surface area contributed by atoms with E-state index < -0.39 is 5.82 Å². The average Bonchev–Trinajstić information content (AvgIpc) is 2.91. The topological polar surface area (TPSA) is 17.1 Å². The van der Waals surface area contributed by atoms with Crippen molar-refractivity contribution in [1.29, 1.82) is 0 Å². The smallest absolute Gasteiger partial charge is 0.204 e. The molecule has 1 aromatic carbocycles. The maximum Gasteiger partial charge on any atom is 0.204 e. The van der Waals surface area contributed by atoms with E-state index in [-0.39, 0.29) is 11.3 Å². The van der Waals surface area contributed by atoms with E-state index in [1.165, 1.54) is 40.0 Å². The maximum atomic E-state index is 13.2. The van der Waals surface area contributed by atoms with E-state index in [0.717, 1.165) is 19.3 Å². The Morgan fingerprint density at radius 2 is 2.11 bits per heavy atom. The van der Waals surface area contributed by atoms with Gasteiger partial charge in [-0.25, -0.2) is 4.39 Å². The molecule has 0 N–H and O–H groups in total. The van der Waals surface area contributed by atoms with Gasteiger partial charge in [-0.3, -0.25) is 4.79 Å². The summed E-state index contributed by atoms with van der Waals surface area (Å²) >= 11 is 7.46. The zero-order valence-corrected chi connectivity index (χ0v) is 11.1. The van der Waals surface area contributed by atoms with E-state index in [2.05, 4.69) is 0 Å². The number of fused-ring (bicyclic) bond motifs is 1. The van der Waals surface area contributed by atoms with E-state index in [9.17, 15) is 9.18 Å². The largest absolute Gasteiger partial charge is 0.288 e. The molecule has 0 saturated heterocycles. The monoisotopic (exact) mass is 280 g/mol. The first-order valence-corrected chi connectivity index (χ1v) is 6.96. The minimum Gasteiger partial charge on any atom is -0.288 e. The SMILES string of the molecule is O=C(c1cc2c(s1)CCC2)c1cc(F)ccc1Cl. The van der Waals surface area contributed by atoms with Crippen molar-refractivity contribution < 1.29 is 9.18 Å². The summed E-state index contributed by atoms with van der Waals surface area (Å²) in [4.78, 5) is 14.2. The number of halogens is 2. The second-order valence-corrected chi connectivity index (χ2v) is 5.91. The van der Waals surface area contributed by atoms with Crippen LogP contribution in [-0.2, 0) is 12.8 Å². The fourth-order valence-electron chi connectivity index (χ4n) is 2.25. The van der Waals surface area contributed by atoms with Gasteiger partial charge in [0.05, 0.1) is 9.90 Å². The predicted octanol–water partition coefficient (Wildman–Crippen LogP) is 4.26. The van der Waals surface area contributed by atoms with E-state index >= 15 is 0 Å². The lowest BCUT2D eigenvalue weighted by Crippen LogP contribution is -2.00. The number of ketones is 1. The average molecular weight is 281 g/mol. The molecular weight excluding hydrogens is 271 g/mol. The third kappa shape index (κ3) is 1.98. The van der Waals surface area contributed by atoms with Gasteiger partial charge in [0.1, 0.15) is 5.82 Å². The van der Waals surface area contributed by atoms with Crippen LogP contribution in [0.5, 0.6) is 0 Å². The Hall–Kier alpha value is -1.19. The highest BCUT2D eigenvalue weighted by Gasteiger charge is 2.21. The Kier molecular flexibility index (Phi) is 2.96. The fourth-order valence-corrected chi connectivity index (χ4v) is 3.66. The molecule has 1 nitrogen and oxygen atoms in total. The Morgan fingerprint density at radius 1 is 1.28 bits per heavy atom. The summed E-state index contributed by atoms with van der Waals surface area (Å²) in [6, 6.07) is 5.81. The van der Waals surface area contributed by atoms with Gasteiger partial charge in [-0.2, -0.15) is 0 Å². The molecule has 1 heterocycles. The molecule has 0 atom stereocenters. The summed E-state index contributed by atoms with van der Waals surface area (Å²) in [5, 5.41) is 0.301. The molecule has 1 aliphatic rings. The number of hydrogen-bond donors (Lipinski definition) is 0. The normalized spacial score (nSPS) is 13.7. The Balaban J connectivity index is 2.01. The van der Waals surface area contributed by atoms with Crippen LogP contribution in [0, 0.1) is 5.82 Å². The summed E-state index contributed by atoms with van der Waals surface area (Å²) in [7, 11) is 0. The second-order valence-electron chi connectivity index (χ2n) is 4.37. The van der Waals surface area contributed by atoms with Gasteiger partial charge in [0.15, 0.2) is 0 Å². The van der Waals surface area contributed by atoms with Crippen LogP contribution in [0.2, 0.25) is 5.02 Å².